The molecule has 0 spiro atoms. The molecule has 2 N–H and O–H groups in total. The second-order valence-electron chi connectivity index (χ2n) is 6.32. The highest BCUT2D eigenvalue weighted by Gasteiger charge is 2.20. The molecule has 18 heavy (non-hydrogen) atoms. The Labute approximate surface area is 114 Å². The molecule has 1 aliphatic heterocycles. The third kappa shape index (κ3) is 5.27. The van der Waals surface area contributed by atoms with E-state index in [1.807, 2.05) is 0 Å². The van der Waals surface area contributed by atoms with Gasteiger partial charge in [-0.25, -0.2) is 0 Å². The van der Waals surface area contributed by atoms with Gasteiger partial charge in [0.05, 0.1) is 0 Å². The van der Waals surface area contributed by atoms with Crippen molar-refractivity contribution in [2.24, 2.45) is 17.6 Å². The lowest BCUT2D eigenvalue weighted by Gasteiger charge is -2.35. The molecule has 0 aromatic carbocycles. The SMILES string of the molecule is CCC1CCCCN1CCCC(CCN)C(C)C. The average Bonchev–Trinajstić information content (AvgIpc) is 2.38. The van der Waals surface area contributed by atoms with Crippen molar-refractivity contribution in [3.05, 3.63) is 0 Å². The van der Waals surface area contributed by atoms with Gasteiger partial charge in [-0.15, -0.1) is 0 Å². The highest BCUT2D eigenvalue weighted by Crippen LogP contribution is 2.23. The molecule has 0 aliphatic carbocycles. The van der Waals surface area contributed by atoms with E-state index in [0.717, 1.165) is 24.4 Å². The predicted molar refractivity (Wildman–Crippen MR) is 80.7 cm³/mol. The van der Waals surface area contributed by atoms with Gasteiger partial charge in [0.2, 0.25) is 0 Å². The van der Waals surface area contributed by atoms with E-state index in [4.69, 9.17) is 5.73 Å². The zero-order valence-electron chi connectivity index (χ0n) is 12.8. The fourth-order valence-electron chi connectivity index (χ4n) is 3.40. The summed E-state index contributed by atoms with van der Waals surface area (Å²) in [5.74, 6) is 1.62. The lowest BCUT2D eigenvalue weighted by atomic mass is 9.88. The molecule has 0 aromatic heterocycles. The van der Waals surface area contributed by atoms with Gasteiger partial charge in [-0.3, -0.25) is 0 Å². The Morgan fingerprint density at radius 1 is 1.22 bits per heavy atom. The first-order valence-electron chi connectivity index (χ1n) is 8.13. The first-order chi connectivity index (χ1) is 8.69. The van der Waals surface area contributed by atoms with E-state index in [0.29, 0.717) is 0 Å². The number of nitrogens with zero attached hydrogens (tertiary/aromatic N) is 1. The average molecular weight is 254 g/mol. The highest BCUT2D eigenvalue weighted by atomic mass is 15.2. The molecule has 2 heteroatoms. The lowest BCUT2D eigenvalue weighted by molar-refractivity contribution is 0.137. The van der Waals surface area contributed by atoms with E-state index in [1.54, 1.807) is 0 Å². The summed E-state index contributed by atoms with van der Waals surface area (Å²) in [6.07, 6.45) is 9.53. The number of piperidine rings is 1. The minimum Gasteiger partial charge on any atom is -0.330 e. The minimum atomic E-state index is 0.789. The predicted octanol–water partition coefficient (Wildman–Crippen LogP) is 3.65. The highest BCUT2D eigenvalue weighted by molar-refractivity contribution is 4.76. The van der Waals surface area contributed by atoms with Crippen molar-refractivity contribution >= 4 is 0 Å². The number of nitrogens with two attached hydrogens (primary N) is 1. The van der Waals surface area contributed by atoms with Gasteiger partial charge in [0.15, 0.2) is 0 Å². The van der Waals surface area contributed by atoms with Crippen LogP contribution in [-0.2, 0) is 0 Å². The Balaban J connectivity index is 2.26. The zero-order chi connectivity index (χ0) is 13.4. The van der Waals surface area contributed by atoms with E-state index < -0.39 is 0 Å². The molecule has 1 saturated heterocycles. The van der Waals surface area contributed by atoms with Gasteiger partial charge in [-0.1, -0.05) is 27.2 Å². The van der Waals surface area contributed by atoms with Crippen LogP contribution in [0.5, 0.6) is 0 Å². The maximum absolute atomic E-state index is 5.71. The minimum absolute atomic E-state index is 0.789. The van der Waals surface area contributed by atoms with Crippen molar-refractivity contribution in [1.82, 2.24) is 4.90 Å². The molecule has 2 unspecified atom stereocenters. The van der Waals surface area contributed by atoms with E-state index >= 15 is 0 Å². The van der Waals surface area contributed by atoms with Crippen LogP contribution >= 0.6 is 0 Å². The molecule has 108 valence electrons. The van der Waals surface area contributed by atoms with Crippen LogP contribution in [-0.4, -0.2) is 30.6 Å². The Kier molecular flexibility index (Phi) is 7.92. The molecule has 1 heterocycles. The summed E-state index contributed by atoms with van der Waals surface area (Å²) in [4.78, 5) is 2.74. The van der Waals surface area contributed by atoms with Crippen LogP contribution in [0.3, 0.4) is 0 Å². The summed E-state index contributed by atoms with van der Waals surface area (Å²) in [6.45, 7) is 10.5. The van der Waals surface area contributed by atoms with Crippen LogP contribution < -0.4 is 5.73 Å². The number of likely N-dealkylation sites (tertiary alicyclic amines) is 1. The van der Waals surface area contributed by atoms with Crippen LogP contribution in [0.15, 0.2) is 0 Å². The standard InChI is InChI=1S/C16H34N2/c1-4-16-9-5-6-12-18(16)13-7-8-15(10-11-17)14(2)3/h14-16H,4-13,17H2,1-3H3. The first-order valence-corrected chi connectivity index (χ1v) is 8.13. The van der Waals surface area contributed by atoms with Crippen LogP contribution in [0.1, 0.15) is 65.7 Å². The van der Waals surface area contributed by atoms with Crippen molar-refractivity contribution in [3.63, 3.8) is 0 Å². The smallest absolute Gasteiger partial charge is 0.00926 e. The maximum Gasteiger partial charge on any atom is 0.00926 e. The van der Waals surface area contributed by atoms with E-state index in [9.17, 15) is 0 Å². The molecule has 0 amide bonds. The van der Waals surface area contributed by atoms with Gasteiger partial charge in [-0.05, 0) is 70.0 Å². The van der Waals surface area contributed by atoms with Crippen molar-refractivity contribution in [2.75, 3.05) is 19.6 Å². The molecule has 2 atom stereocenters. The quantitative estimate of drug-likeness (QED) is 0.716. The van der Waals surface area contributed by atoms with E-state index in [2.05, 4.69) is 25.7 Å². The molecule has 0 aromatic rings. The fourth-order valence-corrected chi connectivity index (χ4v) is 3.40. The van der Waals surface area contributed by atoms with E-state index in [-0.39, 0.29) is 0 Å². The molecule has 0 radical (unpaired) electrons. The molecule has 0 bridgehead atoms. The number of rotatable bonds is 8. The first kappa shape index (κ1) is 16.0. The summed E-state index contributed by atoms with van der Waals surface area (Å²) in [5, 5.41) is 0. The summed E-state index contributed by atoms with van der Waals surface area (Å²) < 4.78 is 0. The molecule has 1 fully saturated rings. The zero-order valence-corrected chi connectivity index (χ0v) is 12.8. The summed E-state index contributed by atoms with van der Waals surface area (Å²) >= 11 is 0. The van der Waals surface area contributed by atoms with Crippen LogP contribution in [0, 0.1) is 11.8 Å². The third-order valence-electron chi connectivity index (χ3n) is 4.72. The lowest BCUT2D eigenvalue weighted by Crippen LogP contribution is -2.39. The van der Waals surface area contributed by atoms with Crippen LogP contribution in [0.25, 0.3) is 0 Å². The molecular formula is C16H34N2. The Hall–Kier alpha value is -0.0800. The maximum atomic E-state index is 5.71. The van der Waals surface area contributed by atoms with Crippen molar-refractivity contribution in [3.8, 4) is 0 Å². The van der Waals surface area contributed by atoms with Crippen LogP contribution in [0.2, 0.25) is 0 Å². The van der Waals surface area contributed by atoms with Gasteiger partial charge in [0.25, 0.3) is 0 Å². The Morgan fingerprint density at radius 2 is 2.00 bits per heavy atom. The van der Waals surface area contributed by atoms with Gasteiger partial charge >= 0.3 is 0 Å². The molecule has 1 rings (SSSR count). The molecular weight excluding hydrogens is 220 g/mol. The Bertz CT molecular complexity index is 203. The van der Waals surface area contributed by atoms with E-state index in [1.165, 1.54) is 58.0 Å². The van der Waals surface area contributed by atoms with Crippen LogP contribution in [0.4, 0.5) is 0 Å². The fraction of sp³-hybridized carbons (Fsp3) is 1.00. The number of hydrogen-bond donors (Lipinski definition) is 1. The van der Waals surface area contributed by atoms with Gasteiger partial charge < -0.3 is 10.6 Å². The van der Waals surface area contributed by atoms with Crippen molar-refractivity contribution < 1.29 is 0 Å². The summed E-state index contributed by atoms with van der Waals surface area (Å²) in [6, 6.07) is 0.866. The summed E-state index contributed by atoms with van der Waals surface area (Å²) in [5.41, 5.74) is 5.71. The molecule has 0 saturated carbocycles. The largest absolute Gasteiger partial charge is 0.330 e. The topological polar surface area (TPSA) is 29.3 Å². The molecule has 2 nitrogen and oxygen atoms in total. The van der Waals surface area contributed by atoms with Crippen molar-refractivity contribution in [1.29, 1.82) is 0 Å². The van der Waals surface area contributed by atoms with Gasteiger partial charge in [0.1, 0.15) is 0 Å². The second kappa shape index (κ2) is 8.92. The monoisotopic (exact) mass is 254 g/mol. The van der Waals surface area contributed by atoms with Gasteiger partial charge in [-0.2, -0.15) is 0 Å². The van der Waals surface area contributed by atoms with Gasteiger partial charge in [0, 0.05) is 6.04 Å². The molecule has 1 aliphatic rings. The van der Waals surface area contributed by atoms with Crippen molar-refractivity contribution in [2.45, 2.75) is 71.8 Å². The number of hydrogen-bond acceptors (Lipinski definition) is 2. The third-order valence-corrected chi connectivity index (χ3v) is 4.72. The Morgan fingerprint density at radius 3 is 2.61 bits per heavy atom. The second-order valence-corrected chi connectivity index (χ2v) is 6.32. The normalized spacial score (nSPS) is 23.5. The summed E-state index contributed by atoms with van der Waals surface area (Å²) in [7, 11) is 0.